The van der Waals surface area contributed by atoms with Gasteiger partial charge in [-0.05, 0) is 60.4 Å². The number of pyridine rings is 1. The van der Waals surface area contributed by atoms with E-state index >= 15 is 0 Å². The Kier molecular flexibility index (Phi) is 8.46. The highest BCUT2D eigenvalue weighted by Gasteiger charge is 2.23. The predicted molar refractivity (Wildman–Crippen MR) is 156 cm³/mol. The van der Waals surface area contributed by atoms with Crippen molar-refractivity contribution in [1.82, 2.24) is 15.0 Å². The third-order valence-corrected chi connectivity index (χ3v) is 6.65. The first-order valence-corrected chi connectivity index (χ1v) is 13.4. The average molecular weight is 542 g/mol. The maximum absolute atomic E-state index is 14.5. The minimum absolute atomic E-state index is 0.0536. The van der Waals surface area contributed by atoms with Crippen molar-refractivity contribution in [2.24, 2.45) is 5.10 Å². The molecule has 9 nitrogen and oxygen atoms in total. The lowest BCUT2D eigenvalue weighted by atomic mass is 10.1. The molecular weight excluding hydrogens is 509 g/mol. The lowest BCUT2D eigenvalue weighted by Gasteiger charge is -2.33. The van der Waals surface area contributed by atoms with Crippen LogP contribution in [0.25, 0.3) is 11.1 Å². The first kappa shape index (κ1) is 27.0. The zero-order valence-electron chi connectivity index (χ0n) is 22.5. The number of nitrogens with one attached hydrogen (secondary N) is 2. The molecule has 0 saturated carbocycles. The van der Waals surface area contributed by atoms with Crippen molar-refractivity contribution in [3.05, 3.63) is 84.1 Å². The predicted octanol–water partition coefficient (Wildman–Crippen LogP) is 5.75. The van der Waals surface area contributed by atoms with Crippen LogP contribution >= 0.6 is 0 Å². The van der Waals surface area contributed by atoms with Crippen LogP contribution in [0.4, 0.5) is 27.5 Å². The van der Waals surface area contributed by atoms with Crippen molar-refractivity contribution in [1.29, 1.82) is 0 Å². The second-order valence-corrected chi connectivity index (χ2v) is 9.42. The highest BCUT2D eigenvalue weighted by molar-refractivity contribution is 5.79. The standard InChI is InChI=1S/C30H32FN7O2/c1-3-25-19-38(14-15-40-25)29-26(31)18-32-30(36-29)37-33-17-23-12-13-28(27(4-2)35-23)34-22-10-8-20(9-11-22)21-6-5-7-24(39)16-21/h5-13,16-18,25,34,39H,3-4,14-15,19H2,1-2H3,(H,32,36,37)/b33-17+. The van der Waals surface area contributed by atoms with E-state index in [9.17, 15) is 9.50 Å². The summed E-state index contributed by atoms with van der Waals surface area (Å²) < 4.78 is 20.1. The van der Waals surface area contributed by atoms with E-state index in [0.29, 0.717) is 25.4 Å². The summed E-state index contributed by atoms with van der Waals surface area (Å²) >= 11 is 0. The first-order chi connectivity index (χ1) is 19.5. The third kappa shape index (κ3) is 6.52. The summed E-state index contributed by atoms with van der Waals surface area (Å²) in [6, 6.07) is 19.0. The zero-order chi connectivity index (χ0) is 27.9. The van der Waals surface area contributed by atoms with Crippen LogP contribution in [-0.2, 0) is 11.2 Å². The van der Waals surface area contributed by atoms with Crippen molar-refractivity contribution in [3.63, 3.8) is 0 Å². The lowest BCUT2D eigenvalue weighted by Crippen LogP contribution is -2.43. The van der Waals surface area contributed by atoms with Gasteiger partial charge in [0.05, 0.1) is 42.2 Å². The highest BCUT2D eigenvalue weighted by atomic mass is 19.1. The van der Waals surface area contributed by atoms with Crippen molar-refractivity contribution in [2.45, 2.75) is 32.8 Å². The number of anilines is 4. The second kappa shape index (κ2) is 12.5. The number of morpholine rings is 1. The van der Waals surface area contributed by atoms with Crippen molar-refractivity contribution < 1.29 is 14.2 Å². The van der Waals surface area contributed by atoms with Crippen LogP contribution < -0.4 is 15.6 Å². The summed E-state index contributed by atoms with van der Waals surface area (Å²) in [5, 5.41) is 17.4. The van der Waals surface area contributed by atoms with Crippen LogP contribution in [0.15, 0.2) is 72.0 Å². The number of hydrazone groups is 1. The number of aromatic hydroxyl groups is 1. The van der Waals surface area contributed by atoms with Gasteiger partial charge in [-0.15, -0.1) is 0 Å². The fraction of sp³-hybridized carbons (Fsp3) is 0.267. The molecule has 1 unspecified atom stereocenters. The van der Waals surface area contributed by atoms with Gasteiger partial charge in [0, 0.05) is 18.8 Å². The molecule has 1 fully saturated rings. The number of nitrogens with zero attached hydrogens (tertiary/aromatic N) is 5. The average Bonchev–Trinajstić information content (AvgIpc) is 2.99. The van der Waals surface area contributed by atoms with Gasteiger partial charge >= 0.3 is 0 Å². The maximum Gasteiger partial charge on any atom is 0.245 e. The smallest absolute Gasteiger partial charge is 0.245 e. The molecule has 4 aromatic rings. The number of benzene rings is 2. The summed E-state index contributed by atoms with van der Waals surface area (Å²) in [7, 11) is 0. The number of phenolic OH excluding ortho intramolecular Hbond substituents is 1. The molecule has 3 heterocycles. The zero-order valence-corrected chi connectivity index (χ0v) is 22.5. The van der Waals surface area contributed by atoms with Crippen LogP contribution in [0.2, 0.25) is 0 Å². The number of rotatable bonds is 9. The van der Waals surface area contributed by atoms with Gasteiger partial charge in [0.15, 0.2) is 11.6 Å². The number of ether oxygens (including phenoxy) is 1. The van der Waals surface area contributed by atoms with Gasteiger partial charge in [-0.2, -0.15) is 10.1 Å². The fourth-order valence-electron chi connectivity index (χ4n) is 4.51. The van der Waals surface area contributed by atoms with Crippen molar-refractivity contribution in [3.8, 4) is 16.9 Å². The van der Waals surface area contributed by atoms with E-state index in [2.05, 4.69) is 25.8 Å². The molecule has 1 aliphatic heterocycles. The molecule has 206 valence electrons. The summed E-state index contributed by atoms with van der Waals surface area (Å²) in [5.41, 5.74) is 8.14. The van der Waals surface area contributed by atoms with E-state index in [-0.39, 0.29) is 23.6 Å². The maximum atomic E-state index is 14.5. The molecule has 40 heavy (non-hydrogen) atoms. The summed E-state index contributed by atoms with van der Waals surface area (Å²) in [6.45, 7) is 5.77. The van der Waals surface area contributed by atoms with Crippen LogP contribution in [-0.4, -0.2) is 52.1 Å². The number of hydrogen-bond acceptors (Lipinski definition) is 9. The largest absolute Gasteiger partial charge is 0.508 e. The van der Waals surface area contributed by atoms with Gasteiger partial charge in [0.25, 0.3) is 0 Å². The van der Waals surface area contributed by atoms with Gasteiger partial charge in [-0.25, -0.2) is 19.8 Å². The van der Waals surface area contributed by atoms with E-state index in [4.69, 9.17) is 9.72 Å². The third-order valence-electron chi connectivity index (χ3n) is 6.65. The fourth-order valence-corrected chi connectivity index (χ4v) is 4.51. The summed E-state index contributed by atoms with van der Waals surface area (Å²) in [4.78, 5) is 14.9. The number of aryl methyl sites for hydroxylation is 1. The summed E-state index contributed by atoms with van der Waals surface area (Å²) in [5.74, 6) is 0.212. The lowest BCUT2D eigenvalue weighted by molar-refractivity contribution is 0.0379. The molecule has 0 amide bonds. The molecule has 1 atom stereocenters. The molecule has 5 rings (SSSR count). The van der Waals surface area contributed by atoms with Gasteiger partial charge < -0.3 is 20.1 Å². The molecular formula is C30H32FN7O2. The molecule has 10 heteroatoms. The Balaban J connectivity index is 1.24. The monoisotopic (exact) mass is 541 g/mol. The second-order valence-electron chi connectivity index (χ2n) is 9.42. The van der Waals surface area contributed by atoms with Crippen LogP contribution in [0.5, 0.6) is 5.75 Å². The van der Waals surface area contributed by atoms with E-state index in [0.717, 1.165) is 47.2 Å². The molecule has 2 aromatic heterocycles. The Morgan fingerprint density at radius 2 is 1.95 bits per heavy atom. The van der Waals surface area contributed by atoms with Crippen LogP contribution in [0, 0.1) is 5.82 Å². The van der Waals surface area contributed by atoms with Gasteiger partial charge in [-0.3, -0.25) is 0 Å². The van der Waals surface area contributed by atoms with Crippen LogP contribution in [0.3, 0.4) is 0 Å². The molecule has 0 spiro atoms. The quantitative estimate of drug-likeness (QED) is 0.182. The molecule has 3 N–H and O–H groups in total. The Bertz CT molecular complexity index is 1480. The van der Waals surface area contributed by atoms with E-state index < -0.39 is 5.82 Å². The minimum atomic E-state index is -0.474. The van der Waals surface area contributed by atoms with E-state index in [1.807, 2.05) is 67.3 Å². The number of halogens is 1. The molecule has 0 radical (unpaired) electrons. The van der Waals surface area contributed by atoms with Crippen molar-refractivity contribution >= 4 is 29.4 Å². The normalized spacial score (nSPS) is 15.4. The number of aromatic nitrogens is 3. The van der Waals surface area contributed by atoms with Crippen molar-refractivity contribution in [2.75, 3.05) is 35.3 Å². The highest BCUT2D eigenvalue weighted by Crippen LogP contribution is 2.27. The first-order valence-electron chi connectivity index (χ1n) is 13.4. The Labute approximate surface area is 232 Å². The SMILES string of the molecule is CCc1nc(/C=N/Nc2ncc(F)c(N3CCOC(CC)C3)n2)ccc1Nc1ccc(-c2cccc(O)c2)cc1. The van der Waals surface area contributed by atoms with E-state index in [1.54, 1.807) is 18.3 Å². The number of phenols is 1. The minimum Gasteiger partial charge on any atom is -0.508 e. The van der Waals surface area contributed by atoms with E-state index in [1.165, 1.54) is 0 Å². The molecule has 0 aliphatic carbocycles. The Morgan fingerprint density at radius 1 is 1.10 bits per heavy atom. The van der Waals surface area contributed by atoms with Gasteiger partial charge in [0.1, 0.15) is 5.75 Å². The molecule has 0 bridgehead atoms. The Hall–Kier alpha value is -4.57. The van der Waals surface area contributed by atoms with Gasteiger partial charge in [0.2, 0.25) is 5.95 Å². The number of hydrogen-bond donors (Lipinski definition) is 3. The molecule has 1 saturated heterocycles. The van der Waals surface area contributed by atoms with Crippen LogP contribution in [0.1, 0.15) is 31.7 Å². The molecule has 2 aromatic carbocycles. The topological polar surface area (TPSA) is 108 Å². The summed E-state index contributed by atoms with van der Waals surface area (Å²) in [6.07, 6.45) is 4.37. The van der Waals surface area contributed by atoms with Gasteiger partial charge in [-0.1, -0.05) is 38.1 Å². The molecule has 1 aliphatic rings. The Morgan fingerprint density at radius 3 is 2.73 bits per heavy atom.